The van der Waals surface area contributed by atoms with Gasteiger partial charge in [0.2, 0.25) is 0 Å². The number of hydrogen-bond donors (Lipinski definition) is 1. The number of nitrogens with zero attached hydrogens (tertiary/aromatic N) is 2. The third kappa shape index (κ3) is 1.61. The molecule has 16 heavy (non-hydrogen) atoms. The monoisotopic (exact) mass is 223 g/mol. The zero-order valence-corrected chi connectivity index (χ0v) is 8.90. The second-order valence-corrected chi connectivity index (χ2v) is 4.43. The van der Waals surface area contributed by atoms with Crippen molar-refractivity contribution in [3.63, 3.8) is 0 Å². The molecule has 4 nitrogen and oxygen atoms in total. The van der Waals surface area contributed by atoms with Crippen molar-refractivity contribution in [2.45, 2.75) is 25.0 Å². The maximum absolute atomic E-state index is 12.9. The molecule has 0 radical (unpaired) electrons. The number of ether oxygens (including phenoxy) is 1. The van der Waals surface area contributed by atoms with E-state index in [2.05, 4.69) is 9.88 Å². The van der Waals surface area contributed by atoms with Crippen molar-refractivity contribution in [3.8, 4) is 0 Å². The van der Waals surface area contributed by atoms with Crippen LogP contribution in [0.25, 0.3) is 0 Å². The summed E-state index contributed by atoms with van der Waals surface area (Å²) in [6.45, 7) is 1.61. The first kappa shape index (κ1) is 9.84. The van der Waals surface area contributed by atoms with Gasteiger partial charge in [0.1, 0.15) is 5.82 Å². The fraction of sp³-hybridized carbons (Fsp3) is 0.545. The van der Waals surface area contributed by atoms with Gasteiger partial charge in [0, 0.05) is 19.2 Å². The number of pyridine rings is 1. The van der Waals surface area contributed by atoms with Gasteiger partial charge in [-0.15, -0.1) is 0 Å². The molecular formula is C11H14FN3O. The number of nitrogens with two attached hydrogens (primary N) is 1. The first-order valence-electron chi connectivity index (χ1n) is 5.54. The van der Waals surface area contributed by atoms with E-state index in [1.54, 1.807) is 0 Å². The van der Waals surface area contributed by atoms with Crippen LogP contribution in [0, 0.1) is 5.82 Å². The molecule has 2 bridgehead atoms. The first-order valence-corrected chi connectivity index (χ1v) is 5.54. The lowest BCUT2D eigenvalue weighted by atomic mass is 10.2. The van der Waals surface area contributed by atoms with Gasteiger partial charge in [-0.1, -0.05) is 0 Å². The fourth-order valence-corrected chi connectivity index (χ4v) is 2.50. The molecular weight excluding hydrogens is 209 g/mol. The second kappa shape index (κ2) is 3.59. The molecule has 0 spiro atoms. The molecule has 3 rings (SSSR count). The Balaban J connectivity index is 1.87. The number of halogens is 1. The van der Waals surface area contributed by atoms with Gasteiger partial charge < -0.3 is 15.4 Å². The van der Waals surface area contributed by atoms with E-state index < -0.39 is 5.82 Å². The van der Waals surface area contributed by atoms with Gasteiger partial charge >= 0.3 is 0 Å². The Labute approximate surface area is 93.2 Å². The Morgan fingerprint density at radius 2 is 2.06 bits per heavy atom. The Bertz CT molecular complexity index is 400. The van der Waals surface area contributed by atoms with Crippen LogP contribution in [0.2, 0.25) is 0 Å². The number of fused-ring (bicyclic) bond motifs is 2. The Hall–Kier alpha value is -1.36. The molecule has 0 aliphatic carbocycles. The number of anilines is 2. The van der Waals surface area contributed by atoms with Crippen molar-refractivity contribution in [1.29, 1.82) is 0 Å². The largest absolute Gasteiger partial charge is 0.396 e. The van der Waals surface area contributed by atoms with Crippen LogP contribution in [0.4, 0.5) is 15.9 Å². The standard InChI is InChI=1S/C11H14FN3O/c12-7-3-10(13)11(14-4-7)15-5-8-1-2-9(6-15)16-8/h3-4,8-9H,1-2,5-6,13H2/t8-,9+. The highest BCUT2D eigenvalue weighted by Gasteiger charge is 2.34. The third-order valence-corrected chi connectivity index (χ3v) is 3.20. The van der Waals surface area contributed by atoms with E-state index in [1.165, 1.54) is 12.3 Å². The van der Waals surface area contributed by atoms with E-state index >= 15 is 0 Å². The van der Waals surface area contributed by atoms with Crippen LogP contribution in [-0.4, -0.2) is 30.3 Å². The molecule has 2 aliphatic heterocycles. The van der Waals surface area contributed by atoms with Crippen LogP contribution in [0.15, 0.2) is 12.3 Å². The van der Waals surface area contributed by atoms with E-state index in [1.807, 2.05) is 0 Å². The zero-order valence-electron chi connectivity index (χ0n) is 8.90. The van der Waals surface area contributed by atoms with Gasteiger partial charge in [0.25, 0.3) is 0 Å². The van der Waals surface area contributed by atoms with E-state index in [0.29, 0.717) is 11.5 Å². The fourth-order valence-electron chi connectivity index (χ4n) is 2.50. The smallest absolute Gasteiger partial charge is 0.152 e. The van der Waals surface area contributed by atoms with Crippen LogP contribution >= 0.6 is 0 Å². The predicted molar refractivity (Wildman–Crippen MR) is 58.7 cm³/mol. The van der Waals surface area contributed by atoms with Crippen molar-refractivity contribution >= 4 is 11.5 Å². The van der Waals surface area contributed by atoms with Gasteiger partial charge in [-0.2, -0.15) is 0 Å². The van der Waals surface area contributed by atoms with Gasteiger partial charge in [-0.3, -0.25) is 0 Å². The molecule has 1 aromatic heterocycles. The molecule has 2 saturated heterocycles. The molecule has 1 aromatic rings. The maximum Gasteiger partial charge on any atom is 0.152 e. The van der Waals surface area contributed by atoms with Crippen molar-refractivity contribution < 1.29 is 9.13 Å². The van der Waals surface area contributed by atoms with Crippen molar-refractivity contribution in [2.24, 2.45) is 0 Å². The molecule has 0 unspecified atom stereocenters. The van der Waals surface area contributed by atoms with E-state index in [9.17, 15) is 4.39 Å². The summed E-state index contributed by atoms with van der Waals surface area (Å²) in [5, 5.41) is 0. The van der Waals surface area contributed by atoms with Crippen LogP contribution in [-0.2, 0) is 4.74 Å². The highest BCUT2D eigenvalue weighted by Crippen LogP contribution is 2.31. The van der Waals surface area contributed by atoms with Crippen LogP contribution in [0.5, 0.6) is 0 Å². The van der Waals surface area contributed by atoms with Crippen molar-refractivity contribution in [3.05, 3.63) is 18.1 Å². The van der Waals surface area contributed by atoms with E-state index in [0.717, 1.165) is 25.9 Å². The molecule has 5 heteroatoms. The topological polar surface area (TPSA) is 51.4 Å². The number of aromatic nitrogens is 1. The lowest BCUT2D eigenvalue weighted by Crippen LogP contribution is -2.43. The number of rotatable bonds is 1. The first-order chi connectivity index (χ1) is 7.72. The molecule has 2 N–H and O–H groups in total. The lowest BCUT2D eigenvalue weighted by molar-refractivity contribution is 0.0303. The summed E-state index contributed by atoms with van der Waals surface area (Å²) >= 11 is 0. The summed E-state index contributed by atoms with van der Waals surface area (Å²) in [6.07, 6.45) is 3.98. The molecule has 0 saturated carbocycles. The Kier molecular flexibility index (Phi) is 2.21. The number of nitrogen functional groups attached to an aromatic ring is 1. The van der Waals surface area contributed by atoms with E-state index in [-0.39, 0.29) is 12.2 Å². The summed E-state index contributed by atoms with van der Waals surface area (Å²) in [4.78, 5) is 6.17. The maximum atomic E-state index is 12.9. The van der Waals surface area contributed by atoms with E-state index in [4.69, 9.17) is 10.5 Å². The highest BCUT2D eigenvalue weighted by molar-refractivity contribution is 5.62. The normalized spacial score (nSPS) is 28.4. The summed E-state index contributed by atoms with van der Waals surface area (Å²) in [7, 11) is 0. The minimum Gasteiger partial charge on any atom is -0.396 e. The summed E-state index contributed by atoms with van der Waals surface area (Å²) in [6, 6.07) is 1.32. The van der Waals surface area contributed by atoms with Crippen LogP contribution < -0.4 is 10.6 Å². The molecule has 2 aliphatic rings. The lowest BCUT2D eigenvalue weighted by Gasteiger charge is -2.33. The molecule has 3 heterocycles. The minimum atomic E-state index is -0.391. The summed E-state index contributed by atoms with van der Waals surface area (Å²) < 4.78 is 18.6. The predicted octanol–water partition coefficient (Wildman–Crippen LogP) is 1.17. The Morgan fingerprint density at radius 3 is 2.69 bits per heavy atom. The zero-order chi connectivity index (χ0) is 11.1. The van der Waals surface area contributed by atoms with Gasteiger partial charge in [0.05, 0.1) is 24.1 Å². The van der Waals surface area contributed by atoms with Gasteiger partial charge in [-0.05, 0) is 12.8 Å². The van der Waals surface area contributed by atoms with Gasteiger partial charge in [0.15, 0.2) is 5.82 Å². The molecule has 86 valence electrons. The minimum absolute atomic E-state index is 0.282. The van der Waals surface area contributed by atoms with Crippen molar-refractivity contribution in [1.82, 2.24) is 4.98 Å². The van der Waals surface area contributed by atoms with Gasteiger partial charge in [-0.25, -0.2) is 9.37 Å². The quantitative estimate of drug-likeness (QED) is 0.776. The average molecular weight is 223 g/mol. The summed E-state index contributed by atoms with van der Waals surface area (Å²) in [5.41, 5.74) is 6.18. The third-order valence-electron chi connectivity index (χ3n) is 3.20. The average Bonchev–Trinajstić information content (AvgIpc) is 2.58. The molecule has 2 fully saturated rings. The molecule has 0 amide bonds. The SMILES string of the molecule is Nc1cc(F)cnc1N1C[C@H]2CC[C@@H](C1)O2. The highest BCUT2D eigenvalue weighted by atomic mass is 19.1. The Morgan fingerprint density at radius 1 is 1.38 bits per heavy atom. The molecule has 2 atom stereocenters. The number of morpholine rings is 1. The second-order valence-electron chi connectivity index (χ2n) is 4.43. The summed E-state index contributed by atoms with van der Waals surface area (Å²) in [5.74, 6) is 0.291. The van der Waals surface area contributed by atoms with Crippen LogP contribution in [0.3, 0.4) is 0 Å². The molecule has 0 aromatic carbocycles. The number of hydrogen-bond acceptors (Lipinski definition) is 4. The van der Waals surface area contributed by atoms with Crippen molar-refractivity contribution in [2.75, 3.05) is 23.7 Å². The van der Waals surface area contributed by atoms with Crippen LogP contribution in [0.1, 0.15) is 12.8 Å².